The summed E-state index contributed by atoms with van der Waals surface area (Å²) in [4.78, 5) is 16.9. The minimum absolute atomic E-state index is 0.0430. The van der Waals surface area contributed by atoms with Crippen LogP contribution < -0.4 is 0 Å². The number of amides is 1. The van der Waals surface area contributed by atoms with Crippen LogP contribution in [0.25, 0.3) is 11.1 Å². The molecule has 3 atom stereocenters. The first-order valence-electron chi connectivity index (χ1n) is 10.7. The van der Waals surface area contributed by atoms with Crippen molar-refractivity contribution in [1.82, 2.24) is 9.80 Å². The third-order valence-corrected chi connectivity index (χ3v) is 6.55. The van der Waals surface area contributed by atoms with Crippen molar-refractivity contribution in [2.45, 2.75) is 24.5 Å². The first kappa shape index (κ1) is 19.9. The van der Waals surface area contributed by atoms with E-state index in [0.29, 0.717) is 12.1 Å². The Hall–Kier alpha value is -3.02. The lowest BCUT2D eigenvalue weighted by Gasteiger charge is -2.59. The van der Waals surface area contributed by atoms with E-state index in [1.54, 1.807) is 12.1 Å². The maximum Gasteiger partial charge on any atom is 0.237 e. The monoisotopic (exact) mass is 416 g/mol. The molecule has 5 rings (SSSR count). The van der Waals surface area contributed by atoms with Crippen molar-refractivity contribution in [3.63, 3.8) is 0 Å². The number of hydrogen-bond donors (Lipinski definition) is 1. The molecule has 3 aromatic rings. The molecule has 2 saturated heterocycles. The fourth-order valence-corrected chi connectivity index (χ4v) is 5.11. The van der Waals surface area contributed by atoms with E-state index in [4.69, 9.17) is 0 Å². The maximum absolute atomic E-state index is 14.1. The lowest BCUT2D eigenvalue weighted by Crippen LogP contribution is -2.72. The van der Waals surface area contributed by atoms with Gasteiger partial charge < -0.3 is 10.0 Å². The third kappa shape index (κ3) is 3.64. The van der Waals surface area contributed by atoms with Gasteiger partial charge in [0.1, 0.15) is 5.82 Å². The minimum atomic E-state index is -0.243. The smallest absolute Gasteiger partial charge is 0.237 e. The first-order valence-corrected chi connectivity index (χ1v) is 10.7. The highest BCUT2D eigenvalue weighted by atomic mass is 19.1. The summed E-state index contributed by atoms with van der Waals surface area (Å²) in [6, 6.07) is 24.6. The molecule has 4 nitrogen and oxygen atoms in total. The molecular formula is C26H25FN2O2. The van der Waals surface area contributed by atoms with Crippen molar-refractivity contribution < 1.29 is 14.3 Å². The zero-order valence-electron chi connectivity index (χ0n) is 17.2. The van der Waals surface area contributed by atoms with Gasteiger partial charge in [0.05, 0.1) is 25.2 Å². The minimum Gasteiger partial charge on any atom is -0.394 e. The number of halogens is 1. The van der Waals surface area contributed by atoms with Gasteiger partial charge in [-0.2, -0.15) is 0 Å². The molecule has 5 heteroatoms. The molecule has 2 heterocycles. The van der Waals surface area contributed by atoms with Crippen LogP contribution in [0.3, 0.4) is 0 Å². The van der Waals surface area contributed by atoms with E-state index in [1.165, 1.54) is 11.6 Å². The van der Waals surface area contributed by atoms with Gasteiger partial charge in [0.25, 0.3) is 0 Å². The van der Waals surface area contributed by atoms with Gasteiger partial charge in [0, 0.05) is 24.6 Å². The van der Waals surface area contributed by atoms with Crippen LogP contribution in [-0.2, 0) is 11.3 Å². The Morgan fingerprint density at radius 3 is 2.35 bits per heavy atom. The highest BCUT2D eigenvalue weighted by Gasteiger charge is 2.53. The number of aliphatic hydroxyl groups is 1. The number of fused-ring (bicyclic) bond motifs is 1. The highest BCUT2D eigenvalue weighted by Crippen LogP contribution is 2.43. The molecule has 1 amide bonds. The Labute approximate surface area is 181 Å². The number of nitrogens with zero attached hydrogens (tertiary/aromatic N) is 2. The van der Waals surface area contributed by atoms with Crippen molar-refractivity contribution in [3.8, 4) is 11.1 Å². The molecule has 31 heavy (non-hydrogen) atoms. The van der Waals surface area contributed by atoms with E-state index in [0.717, 1.165) is 24.2 Å². The van der Waals surface area contributed by atoms with Gasteiger partial charge in [0.15, 0.2) is 0 Å². The molecular weight excluding hydrogens is 391 g/mol. The number of aliphatic hydroxyl groups excluding tert-OH is 1. The largest absolute Gasteiger partial charge is 0.394 e. The summed E-state index contributed by atoms with van der Waals surface area (Å²) in [6.07, 6.45) is 0. The van der Waals surface area contributed by atoms with E-state index < -0.39 is 0 Å². The quantitative estimate of drug-likeness (QED) is 0.690. The van der Waals surface area contributed by atoms with Crippen LogP contribution in [0.2, 0.25) is 0 Å². The molecule has 158 valence electrons. The summed E-state index contributed by atoms with van der Waals surface area (Å²) in [5.41, 5.74) is 3.66. The molecule has 0 saturated carbocycles. The second-order valence-corrected chi connectivity index (χ2v) is 8.40. The summed E-state index contributed by atoms with van der Waals surface area (Å²) in [5, 5.41) is 9.99. The number of rotatable bonds is 5. The fraction of sp³-hybridized carbons (Fsp3) is 0.269. The second kappa shape index (κ2) is 8.25. The molecule has 3 aromatic carbocycles. The molecule has 2 aliphatic rings. The van der Waals surface area contributed by atoms with Gasteiger partial charge >= 0.3 is 0 Å². The topological polar surface area (TPSA) is 43.8 Å². The predicted molar refractivity (Wildman–Crippen MR) is 118 cm³/mol. The van der Waals surface area contributed by atoms with Crippen LogP contribution in [0.1, 0.15) is 17.0 Å². The number of carbonyl (C=O) groups is 1. The molecule has 1 N–H and O–H groups in total. The average molecular weight is 416 g/mol. The van der Waals surface area contributed by atoms with Gasteiger partial charge in [-0.05, 0) is 22.8 Å². The van der Waals surface area contributed by atoms with Gasteiger partial charge in [-0.3, -0.25) is 9.69 Å². The molecule has 0 aromatic heterocycles. The molecule has 0 bridgehead atoms. The summed E-state index contributed by atoms with van der Waals surface area (Å²) >= 11 is 0. The Kier molecular flexibility index (Phi) is 5.30. The molecule has 0 aliphatic carbocycles. The van der Waals surface area contributed by atoms with Gasteiger partial charge in [0.2, 0.25) is 5.91 Å². The highest BCUT2D eigenvalue weighted by molar-refractivity contribution is 5.81. The van der Waals surface area contributed by atoms with Crippen LogP contribution in [-0.4, -0.2) is 52.6 Å². The second-order valence-electron chi connectivity index (χ2n) is 8.40. The van der Waals surface area contributed by atoms with Crippen LogP contribution in [0.5, 0.6) is 0 Å². The molecule has 2 aliphatic heterocycles. The zero-order valence-corrected chi connectivity index (χ0v) is 17.2. The predicted octanol–water partition coefficient (Wildman–Crippen LogP) is 3.66. The van der Waals surface area contributed by atoms with Crippen LogP contribution in [0, 0.1) is 5.82 Å². The summed E-state index contributed by atoms with van der Waals surface area (Å²) < 4.78 is 14.1. The molecule has 0 spiro atoms. The van der Waals surface area contributed by atoms with Gasteiger partial charge in [-0.1, -0.05) is 72.8 Å². The number of carbonyl (C=O) groups excluding carboxylic acids is 1. The molecule has 0 unspecified atom stereocenters. The Morgan fingerprint density at radius 2 is 1.65 bits per heavy atom. The standard InChI is InChI=1S/C26H25FN2O2/c27-22-9-5-4-8-21(22)19-10-12-20(13-11-19)26-23-15-28(14-18-6-2-1-3-7-18)16-25(31)29(23)24(26)17-30/h1-13,23-24,26,30H,14-17H2/t23-,24-,26-/m0/s1. The third-order valence-electron chi connectivity index (χ3n) is 6.55. The SMILES string of the molecule is O=C1CN(Cc2ccccc2)C[C@H]2[C@H](c3ccc(-c4ccccc4F)cc3)[C@H](CO)N12. The van der Waals surface area contributed by atoms with Crippen LogP contribution in [0.15, 0.2) is 78.9 Å². The number of piperazine rings is 1. The summed E-state index contributed by atoms with van der Waals surface area (Å²) in [5.74, 6) is -0.0969. The number of hydrogen-bond acceptors (Lipinski definition) is 3. The lowest BCUT2D eigenvalue weighted by molar-refractivity contribution is -0.162. The Bertz CT molecular complexity index is 1070. The summed E-state index contributed by atoms with van der Waals surface area (Å²) in [7, 11) is 0. The van der Waals surface area contributed by atoms with Gasteiger partial charge in [-0.15, -0.1) is 0 Å². The maximum atomic E-state index is 14.1. The zero-order chi connectivity index (χ0) is 21.4. The van der Waals surface area contributed by atoms with Crippen LogP contribution in [0.4, 0.5) is 4.39 Å². The summed E-state index contributed by atoms with van der Waals surface area (Å²) in [6.45, 7) is 1.83. The van der Waals surface area contributed by atoms with Crippen molar-refractivity contribution >= 4 is 5.91 Å². The molecule has 2 fully saturated rings. The Morgan fingerprint density at radius 1 is 0.935 bits per heavy atom. The fourth-order valence-electron chi connectivity index (χ4n) is 5.11. The lowest BCUT2D eigenvalue weighted by atomic mass is 9.73. The van der Waals surface area contributed by atoms with E-state index in [9.17, 15) is 14.3 Å². The van der Waals surface area contributed by atoms with Crippen molar-refractivity contribution in [3.05, 3.63) is 95.8 Å². The van der Waals surface area contributed by atoms with Crippen molar-refractivity contribution in [1.29, 1.82) is 0 Å². The van der Waals surface area contributed by atoms with E-state index >= 15 is 0 Å². The number of benzene rings is 3. The Balaban J connectivity index is 1.37. The average Bonchev–Trinajstić information content (AvgIpc) is 2.77. The normalized spacial score (nSPS) is 23.4. The van der Waals surface area contributed by atoms with Gasteiger partial charge in [-0.25, -0.2) is 4.39 Å². The van der Waals surface area contributed by atoms with E-state index in [1.807, 2.05) is 53.4 Å². The van der Waals surface area contributed by atoms with Crippen LogP contribution >= 0.6 is 0 Å². The van der Waals surface area contributed by atoms with Crippen molar-refractivity contribution in [2.75, 3.05) is 19.7 Å². The first-order chi connectivity index (χ1) is 15.2. The molecule has 0 radical (unpaired) electrons. The van der Waals surface area contributed by atoms with E-state index in [-0.39, 0.29) is 36.3 Å². The van der Waals surface area contributed by atoms with E-state index in [2.05, 4.69) is 17.0 Å². The van der Waals surface area contributed by atoms with Crippen molar-refractivity contribution in [2.24, 2.45) is 0 Å².